The average molecular weight is 586 g/mol. The molecule has 0 atom stereocenters. The lowest BCUT2D eigenvalue weighted by molar-refractivity contribution is 0.0998. The molecule has 0 radical (unpaired) electrons. The molecule has 42 heavy (non-hydrogen) atoms. The van der Waals surface area contributed by atoms with E-state index < -0.39 is 5.91 Å². The van der Waals surface area contributed by atoms with Crippen molar-refractivity contribution in [2.75, 3.05) is 31.1 Å². The van der Waals surface area contributed by atoms with Gasteiger partial charge >= 0.3 is 0 Å². The summed E-state index contributed by atoms with van der Waals surface area (Å²) >= 11 is 6.27. The van der Waals surface area contributed by atoms with Gasteiger partial charge in [-0.2, -0.15) is 0 Å². The molecule has 0 bridgehead atoms. The van der Waals surface area contributed by atoms with Gasteiger partial charge in [0.25, 0.3) is 5.91 Å². The molecule has 2 aliphatic carbocycles. The van der Waals surface area contributed by atoms with Crippen molar-refractivity contribution in [3.63, 3.8) is 0 Å². The number of pyridine rings is 1. The van der Waals surface area contributed by atoms with Crippen LogP contribution in [-0.4, -0.2) is 42.1 Å². The standard InChI is InChI=1S/C34H40ClN5O2/c1-4-40(17-16-37-21-25-12-14-34(2,3)20-30(25)23-6-5-7-26(35)9-8-23)27-10-11-29(32(36)41)31(19-27)42-28-18-24-13-15-38-33(24)39-22-28/h5,7-11,13,15,18-19,22,37H,4,6,12,14,16-17,20-21H2,1-3H3,(H2,36,41)(H,38,39). The van der Waals surface area contributed by atoms with Crippen LogP contribution in [0.15, 0.2) is 88.8 Å². The minimum absolute atomic E-state index is 0.294. The fraction of sp³-hybridized carbons (Fsp3) is 0.353. The van der Waals surface area contributed by atoms with E-state index in [1.165, 1.54) is 23.1 Å². The Balaban J connectivity index is 1.27. The van der Waals surface area contributed by atoms with E-state index in [1.54, 1.807) is 12.3 Å². The molecule has 8 heteroatoms. The van der Waals surface area contributed by atoms with Crippen LogP contribution in [0.2, 0.25) is 0 Å². The number of rotatable bonds is 11. The number of likely N-dealkylation sites (N-methyl/N-ethyl adjacent to an activating group) is 1. The number of halogens is 1. The highest BCUT2D eigenvalue weighted by Crippen LogP contribution is 2.42. The minimum Gasteiger partial charge on any atom is -0.455 e. The lowest BCUT2D eigenvalue weighted by Gasteiger charge is -2.34. The SMILES string of the molecule is CCN(CCNCC1=C(C2=CC=C(Cl)C=CC2)CC(C)(C)CC1)c1ccc(C(N)=O)c(Oc2cnc3[nH]ccc3c2)c1. The number of carbonyl (C=O) groups is 1. The number of hydrogen-bond donors (Lipinski definition) is 3. The first-order chi connectivity index (χ1) is 20.2. The highest BCUT2D eigenvalue weighted by atomic mass is 35.5. The molecule has 2 aliphatic rings. The highest BCUT2D eigenvalue weighted by Gasteiger charge is 2.28. The van der Waals surface area contributed by atoms with E-state index in [1.807, 2.05) is 42.6 Å². The number of fused-ring (bicyclic) bond motifs is 1. The van der Waals surface area contributed by atoms with E-state index in [4.69, 9.17) is 22.1 Å². The number of aromatic nitrogens is 2. The van der Waals surface area contributed by atoms with Crippen LogP contribution in [-0.2, 0) is 0 Å². The number of anilines is 1. The first kappa shape index (κ1) is 29.7. The summed E-state index contributed by atoms with van der Waals surface area (Å²) in [6, 6.07) is 9.37. The minimum atomic E-state index is -0.534. The molecule has 2 heterocycles. The number of nitrogens with one attached hydrogen (secondary N) is 2. The average Bonchev–Trinajstić information content (AvgIpc) is 3.32. The third-order valence-corrected chi connectivity index (χ3v) is 8.36. The van der Waals surface area contributed by atoms with Crippen molar-refractivity contribution in [1.29, 1.82) is 0 Å². The summed E-state index contributed by atoms with van der Waals surface area (Å²) in [5.74, 6) is 0.430. The number of aromatic amines is 1. The Hall–Kier alpha value is -3.81. The summed E-state index contributed by atoms with van der Waals surface area (Å²) in [5.41, 5.74) is 12.4. The second-order valence-electron chi connectivity index (χ2n) is 11.8. The zero-order chi connectivity index (χ0) is 29.7. The van der Waals surface area contributed by atoms with Crippen molar-refractivity contribution in [1.82, 2.24) is 15.3 Å². The molecule has 0 aliphatic heterocycles. The molecular weight excluding hydrogens is 546 g/mol. The lowest BCUT2D eigenvalue weighted by Crippen LogP contribution is -2.34. The fourth-order valence-electron chi connectivity index (χ4n) is 5.72. The highest BCUT2D eigenvalue weighted by molar-refractivity contribution is 6.31. The van der Waals surface area contributed by atoms with E-state index in [2.05, 4.69) is 53.1 Å². The quantitative estimate of drug-likeness (QED) is 0.204. The van der Waals surface area contributed by atoms with Crippen LogP contribution < -0.4 is 20.7 Å². The van der Waals surface area contributed by atoms with Crippen LogP contribution in [0.3, 0.4) is 0 Å². The molecule has 0 saturated heterocycles. The number of hydrogen-bond acceptors (Lipinski definition) is 5. The summed E-state index contributed by atoms with van der Waals surface area (Å²) in [4.78, 5) is 21.9. The van der Waals surface area contributed by atoms with Crippen molar-refractivity contribution in [3.8, 4) is 11.5 Å². The van der Waals surface area contributed by atoms with E-state index in [0.29, 0.717) is 22.5 Å². The van der Waals surface area contributed by atoms with Gasteiger partial charge in [0.15, 0.2) is 0 Å². The summed E-state index contributed by atoms with van der Waals surface area (Å²) in [6.45, 7) is 10.2. The van der Waals surface area contributed by atoms with Gasteiger partial charge in [-0.05, 0) is 85.6 Å². The van der Waals surface area contributed by atoms with Gasteiger partial charge in [0.1, 0.15) is 17.1 Å². The van der Waals surface area contributed by atoms with Gasteiger partial charge in [-0.3, -0.25) is 4.79 Å². The molecule has 0 fully saturated rings. The first-order valence-corrected chi connectivity index (χ1v) is 15.0. The van der Waals surface area contributed by atoms with Crippen molar-refractivity contribution in [2.24, 2.45) is 11.1 Å². The van der Waals surface area contributed by atoms with Gasteiger partial charge in [-0.25, -0.2) is 4.98 Å². The van der Waals surface area contributed by atoms with E-state index in [0.717, 1.165) is 67.2 Å². The topological polar surface area (TPSA) is 96.3 Å². The molecule has 3 aromatic rings. The van der Waals surface area contributed by atoms with Crippen LogP contribution in [0, 0.1) is 5.41 Å². The van der Waals surface area contributed by atoms with Crippen molar-refractivity contribution < 1.29 is 9.53 Å². The first-order valence-electron chi connectivity index (χ1n) is 14.7. The Morgan fingerprint density at radius 1 is 1.24 bits per heavy atom. The molecule has 4 N–H and O–H groups in total. The van der Waals surface area contributed by atoms with Crippen molar-refractivity contribution in [3.05, 3.63) is 94.3 Å². The van der Waals surface area contributed by atoms with Crippen LogP contribution in [0.25, 0.3) is 11.0 Å². The molecule has 1 amide bonds. The smallest absolute Gasteiger partial charge is 0.252 e. The second-order valence-corrected chi connectivity index (χ2v) is 12.2. The molecule has 7 nitrogen and oxygen atoms in total. The van der Waals surface area contributed by atoms with Crippen LogP contribution in [0.5, 0.6) is 11.5 Å². The molecule has 5 rings (SSSR count). The summed E-state index contributed by atoms with van der Waals surface area (Å²) in [6.07, 6.45) is 16.1. The molecule has 0 spiro atoms. The van der Waals surface area contributed by atoms with E-state index in [-0.39, 0.29) is 0 Å². The number of allylic oxidation sites excluding steroid dienone is 7. The second kappa shape index (κ2) is 13.0. The Kier molecular flexibility index (Phi) is 9.19. The van der Waals surface area contributed by atoms with Gasteiger partial charge in [0.05, 0.1) is 11.8 Å². The predicted molar refractivity (Wildman–Crippen MR) is 172 cm³/mol. The maximum absolute atomic E-state index is 12.2. The third-order valence-electron chi connectivity index (χ3n) is 8.11. The normalized spacial score (nSPS) is 16.7. The summed E-state index contributed by atoms with van der Waals surface area (Å²) in [5, 5.41) is 5.41. The van der Waals surface area contributed by atoms with Gasteiger partial charge < -0.3 is 25.7 Å². The largest absolute Gasteiger partial charge is 0.455 e. The number of H-pyrrole nitrogens is 1. The van der Waals surface area contributed by atoms with Crippen LogP contribution >= 0.6 is 11.6 Å². The van der Waals surface area contributed by atoms with Gasteiger partial charge in [-0.15, -0.1) is 0 Å². The Morgan fingerprint density at radius 3 is 2.90 bits per heavy atom. The zero-order valence-electron chi connectivity index (χ0n) is 24.7. The van der Waals surface area contributed by atoms with Crippen LogP contribution in [0.1, 0.15) is 56.8 Å². The number of ether oxygens (including phenoxy) is 1. The third kappa shape index (κ3) is 7.15. The Labute approximate surface area is 253 Å². The lowest BCUT2D eigenvalue weighted by atomic mass is 9.72. The Morgan fingerprint density at radius 2 is 2.10 bits per heavy atom. The number of amides is 1. The summed E-state index contributed by atoms with van der Waals surface area (Å²) < 4.78 is 6.14. The van der Waals surface area contributed by atoms with Gasteiger partial charge in [0.2, 0.25) is 0 Å². The number of nitrogens with two attached hydrogens (primary N) is 1. The molecule has 0 saturated carbocycles. The maximum atomic E-state index is 12.2. The fourth-order valence-corrected chi connectivity index (χ4v) is 5.87. The maximum Gasteiger partial charge on any atom is 0.252 e. The molecule has 220 valence electrons. The zero-order valence-corrected chi connectivity index (χ0v) is 25.4. The predicted octanol–water partition coefficient (Wildman–Crippen LogP) is 7.39. The summed E-state index contributed by atoms with van der Waals surface area (Å²) in [7, 11) is 0. The van der Waals surface area contributed by atoms with E-state index >= 15 is 0 Å². The van der Waals surface area contributed by atoms with E-state index in [9.17, 15) is 4.79 Å². The monoisotopic (exact) mass is 585 g/mol. The molecule has 2 aromatic heterocycles. The number of benzene rings is 1. The molecule has 0 unspecified atom stereocenters. The van der Waals surface area contributed by atoms with Crippen molar-refractivity contribution in [2.45, 2.75) is 46.5 Å². The number of carbonyl (C=O) groups excluding carboxylic acids is 1. The Bertz CT molecular complexity index is 1580. The molecule has 1 aromatic carbocycles. The van der Waals surface area contributed by atoms with Crippen molar-refractivity contribution >= 4 is 34.2 Å². The number of nitrogens with zero attached hydrogens (tertiary/aromatic N) is 2. The molecular formula is C34H40ClN5O2. The number of primary amides is 1. The van der Waals surface area contributed by atoms with Gasteiger partial charge in [-0.1, -0.05) is 43.2 Å². The van der Waals surface area contributed by atoms with Crippen LogP contribution in [0.4, 0.5) is 5.69 Å². The van der Waals surface area contributed by atoms with Gasteiger partial charge in [0, 0.05) is 54.5 Å².